The van der Waals surface area contributed by atoms with Crippen molar-refractivity contribution < 1.29 is 18.8 Å². The molecule has 3 aromatic heterocycles. The van der Waals surface area contributed by atoms with Gasteiger partial charge in [0.05, 0.1) is 11.8 Å². The number of anilines is 1. The molecule has 10 heteroatoms. The number of furan rings is 1. The first-order valence-electron chi connectivity index (χ1n) is 8.12. The van der Waals surface area contributed by atoms with Gasteiger partial charge in [-0.2, -0.15) is 0 Å². The van der Waals surface area contributed by atoms with E-state index in [1.807, 2.05) is 30.3 Å². The van der Waals surface area contributed by atoms with Gasteiger partial charge in [-0.25, -0.2) is 15.0 Å². The second kappa shape index (κ2) is 6.62. The van der Waals surface area contributed by atoms with E-state index in [0.29, 0.717) is 23.4 Å². The number of rotatable bonds is 5. The van der Waals surface area contributed by atoms with Crippen molar-refractivity contribution in [3.8, 4) is 11.4 Å². The molecule has 0 aliphatic heterocycles. The number of fused-ring (bicyclic) bond motifs is 1. The maximum absolute atomic E-state index is 11.6. The van der Waals surface area contributed by atoms with Gasteiger partial charge in [-0.05, 0) is 18.1 Å². The largest absolute Gasteiger partial charge is 0.456 e. The zero-order chi connectivity index (χ0) is 19.0. The number of aryl methyl sites for hydroxylation is 2. The highest BCUT2D eigenvalue weighted by molar-refractivity contribution is 7.60. The van der Waals surface area contributed by atoms with E-state index in [-0.39, 0.29) is 17.2 Å². The van der Waals surface area contributed by atoms with Crippen molar-refractivity contribution in [2.75, 3.05) is 5.73 Å². The molecule has 0 atom stereocenters. The van der Waals surface area contributed by atoms with Gasteiger partial charge in [-0.1, -0.05) is 30.3 Å². The Morgan fingerprint density at radius 2 is 1.85 bits per heavy atom. The van der Waals surface area contributed by atoms with Crippen molar-refractivity contribution in [3.05, 3.63) is 54.0 Å². The fourth-order valence-corrected chi connectivity index (χ4v) is 3.51. The zero-order valence-electron chi connectivity index (χ0n) is 14.0. The molecule has 0 bridgehead atoms. The summed E-state index contributed by atoms with van der Waals surface area (Å²) in [7, 11) is -4.58. The predicted molar refractivity (Wildman–Crippen MR) is 99.3 cm³/mol. The zero-order valence-corrected chi connectivity index (χ0v) is 14.9. The lowest BCUT2D eigenvalue weighted by Crippen LogP contribution is -2.04. The smallest absolute Gasteiger partial charge is 0.391 e. The standard InChI is InChI=1S/C17H16N5O4P/c18-14-13-16(20-12(19-14)7-6-10-4-2-1-3-5-10)22-15(21-13)11-8-9-26-17(11)27(23,24)25/h1-5,8-9H,6-7H2,(H2,23,24,25)(H3,18,19,20,21,22). The fourth-order valence-electron chi connectivity index (χ4n) is 2.81. The van der Waals surface area contributed by atoms with Gasteiger partial charge in [-0.15, -0.1) is 0 Å². The van der Waals surface area contributed by atoms with E-state index in [0.717, 1.165) is 12.0 Å². The average molecular weight is 385 g/mol. The van der Waals surface area contributed by atoms with Crippen LogP contribution in [0.3, 0.4) is 0 Å². The van der Waals surface area contributed by atoms with Gasteiger partial charge in [0.1, 0.15) is 17.2 Å². The van der Waals surface area contributed by atoms with Crippen molar-refractivity contribution in [2.45, 2.75) is 12.8 Å². The summed E-state index contributed by atoms with van der Waals surface area (Å²) in [6.07, 6.45) is 2.54. The van der Waals surface area contributed by atoms with Crippen molar-refractivity contribution >= 4 is 30.1 Å². The maximum atomic E-state index is 11.6. The molecule has 138 valence electrons. The van der Waals surface area contributed by atoms with E-state index in [2.05, 4.69) is 19.9 Å². The number of nitrogens with zero attached hydrogens (tertiary/aromatic N) is 3. The summed E-state index contributed by atoms with van der Waals surface area (Å²) in [5.74, 6) is 0.977. The Morgan fingerprint density at radius 1 is 1.07 bits per heavy atom. The lowest BCUT2D eigenvalue weighted by molar-refractivity contribution is 0.377. The molecule has 3 heterocycles. The van der Waals surface area contributed by atoms with Crippen LogP contribution in [0.2, 0.25) is 0 Å². The number of nitrogens with one attached hydrogen (secondary N) is 1. The Morgan fingerprint density at radius 3 is 2.59 bits per heavy atom. The minimum Gasteiger partial charge on any atom is -0.456 e. The quantitative estimate of drug-likeness (QED) is 0.380. The molecule has 4 aromatic rings. The number of hydrogen-bond acceptors (Lipinski definition) is 6. The van der Waals surface area contributed by atoms with Crippen molar-refractivity contribution in [2.24, 2.45) is 0 Å². The van der Waals surface area contributed by atoms with Gasteiger partial charge >= 0.3 is 7.60 Å². The third kappa shape index (κ3) is 3.48. The van der Waals surface area contributed by atoms with Crippen LogP contribution in [0.4, 0.5) is 5.82 Å². The van der Waals surface area contributed by atoms with E-state index in [1.54, 1.807) is 0 Å². The van der Waals surface area contributed by atoms with Crippen LogP contribution >= 0.6 is 7.60 Å². The van der Waals surface area contributed by atoms with Gasteiger partial charge in [0.2, 0.25) is 5.50 Å². The number of nitrogen functional groups attached to an aromatic ring is 1. The minimum atomic E-state index is -4.58. The minimum absolute atomic E-state index is 0.159. The van der Waals surface area contributed by atoms with E-state index >= 15 is 0 Å². The summed E-state index contributed by atoms with van der Waals surface area (Å²) in [4.78, 5) is 34.7. The Balaban J connectivity index is 1.68. The third-order valence-corrected chi connectivity index (χ3v) is 4.95. The summed E-state index contributed by atoms with van der Waals surface area (Å²) in [5, 5.41) is 0. The van der Waals surface area contributed by atoms with Gasteiger partial charge < -0.3 is 24.9 Å². The molecule has 9 nitrogen and oxygen atoms in total. The summed E-state index contributed by atoms with van der Waals surface area (Å²) < 4.78 is 16.5. The molecule has 0 saturated heterocycles. The summed E-state index contributed by atoms with van der Waals surface area (Å²) in [6.45, 7) is 0. The normalized spacial score (nSPS) is 11.9. The third-order valence-electron chi connectivity index (χ3n) is 4.07. The molecule has 0 saturated carbocycles. The summed E-state index contributed by atoms with van der Waals surface area (Å²) >= 11 is 0. The summed E-state index contributed by atoms with van der Waals surface area (Å²) in [6, 6.07) is 11.4. The fraction of sp³-hybridized carbons (Fsp3) is 0.118. The van der Waals surface area contributed by atoms with E-state index in [4.69, 9.17) is 10.2 Å². The molecule has 0 radical (unpaired) electrons. The molecule has 0 fully saturated rings. The first-order chi connectivity index (χ1) is 12.9. The number of imidazole rings is 1. The van der Waals surface area contributed by atoms with Gasteiger partial charge in [-0.3, -0.25) is 4.57 Å². The topological polar surface area (TPSA) is 151 Å². The molecule has 0 spiro atoms. The number of hydrogen-bond donors (Lipinski definition) is 4. The number of aromatic amines is 1. The number of nitrogens with two attached hydrogens (primary N) is 1. The number of aromatic nitrogens is 4. The van der Waals surface area contributed by atoms with Crippen LogP contribution in [-0.2, 0) is 17.4 Å². The average Bonchev–Trinajstić information content (AvgIpc) is 3.27. The van der Waals surface area contributed by atoms with Crippen molar-refractivity contribution in [1.29, 1.82) is 0 Å². The molecule has 4 rings (SSSR count). The molecule has 27 heavy (non-hydrogen) atoms. The van der Waals surface area contributed by atoms with Gasteiger partial charge in [0, 0.05) is 6.42 Å². The van der Waals surface area contributed by atoms with Crippen molar-refractivity contribution in [3.63, 3.8) is 0 Å². The molecule has 0 unspecified atom stereocenters. The molecular formula is C17H16N5O4P. The highest BCUT2D eigenvalue weighted by Gasteiger charge is 2.28. The Bertz CT molecular complexity index is 1150. The highest BCUT2D eigenvalue weighted by Crippen LogP contribution is 2.38. The lowest BCUT2D eigenvalue weighted by Gasteiger charge is -2.02. The van der Waals surface area contributed by atoms with E-state index in [1.165, 1.54) is 12.3 Å². The highest BCUT2D eigenvalue weighted by atomic mass is 31.2. The van der Waals surface area contributed by atoms with Crippen LogP contribution in [0.15, 0.2) is 47.1 Å². The number of benzene rings is 1. The van der Waals surface area contributed by atoms with E-state index in [9.17, 15) is 14.4 Å². The Labute approximate surface area is 153 Å². The van der Waals surface area contributed by atoms with Crippen LogP contribution in [-0.4, -0.2) is 29.7 Å². The van der Waals surface area contributed by atoms with E-state index < -0.39 is 13.1 Å². The van der Waals surface area contributed by atoms with Gasteiger partial charge in [0.25, 0.3) is 0 Å². The predicted octanol–water partition coefficient (Wildman–Crippen LogP) is 1.78. The first-order valence-corrected chi connectivity index (χ1v) is 9.73. The molecular weight excluding hydrogens is 369 g/mol. The lowest BCUT2D eigenvalue weighted by atomic mass is 10.1. The molecule has 5 N–H and O–H groups in total. The number of H-pyrrole nitrogens is 1. The molecule has 0 amide bonds. The van der Waals surface area contributed by atoms with Crippen LogP contribution in [0.25, 0.3) is 22.6 Å². The first kappa shape index (κ1) is 17.4. The Hall–Kier alpha value is -3.00. The van der Waals surface area contributed by atoms with Crippen molar-refractivity contribution in [1.82, 2.24) is 19.9 Å². The molecule has 0 aliphatic carbocycles. The van der Waals surface area contributed by atoms with Crippen LogP contribution in [0.1, 0.15) is 11.4 Å². The SMILES string of the molecule is Nc1nc(CCc2ccccc2)nc2nc(-c3ccoc3P(=O)(O)O)[nH]c12. The second-order valence-corrected chi connectivity index (χ2v) is 7.47. The Kier molecular flexibility index (Phi) is 4.27. The molecule has 0 aliphatic rings. The molecule has 1 aromatic carbocycles. The summed E-state index contributed by atoms with van der Waals surface area (Å²) in [5.41, 5.74) is 7.62. The van der Waals surface area contributed by atoms with Gasteiger partial charge in [0.15, 0.2) is 11.5 Å². The monoisotopic (exact) mass is 385 g/mol. The van der Waals surface area contributed by atoms with Crippen LogP contribution in [0.5, 0.6) is 0 Å². The van der Waals surface area contributed by atoms with Crippen LogP contribution < -0.4 is 11.2 Å². The maximum Gasteiger partial charge on any atom is 0.391 e. The van der Waals surface area contributed by atoms with Crippen LogP contribution in [0, 0.1) is 0 Å². The second-order valence-electron chi connectivity index (χ2n) is 5.98.